The van der Waals surface area contributed by atoms with E-state index in [1.807, 2.05) is 18.7 Å². The van der Waals surface area contributed by atoms with Gasteiger partial charge in [0, 0.05) is 13.1 Å². The van der Waals surface area contributed by atoms with Crippen molar-refractivity contribution in [3.63, 3.8) is 0 Å². The molecule has 0 bridgehead atoms. The third-order valence-electron chi connectivity index (χ3n) is 7.04. The number of ether oxygens (including phenoxy) is 1. The first-order valence-electron chi connectivity index (χ1n) is 14.9. The zero-order chi connectivity index (χ0) is 24.6. The molecule has 0 fully saturated rings. The van der Waals surface area contributed by atoms with Gasteiger partial charge in [0.05, 0.1) is 0 Å². The Morgan fingerprint density at radius 2 is 0.848 bits per heavy atom. The predicted molar refractivity (Wildman–Crippen MR) is 146 cm³/mol. The minimum Gasteiger partial charge on any atom is -0.443 e. The van der Waals surface area contributed by atoms with E-state index < -0.39 is 0 Å². The molecule has 0 rings (SSSR count). The van der Waals surface area contributed by atoms with E-state index in [2.05, 4.69) is 20.8 Å². The number of carbonyl (C=O) groups is 1. The van der Waals surface area contributed by atoms with Gasteiger partial charge < -0.3 is 9.64 Å². The van der Waals surface area contributed by atoms with Gasteiger partial charge in [-0.1, -0.05) is 136 Å². The summed E-state index contributed by atoms with van der Waals surface area (Å²) in [7, 11) is 0. The Labute approximate surface area is 208 Å². The maximum atomic E-state index is 12.8. The maximum absolute atomic E-state index is 12.8. The van der Waals surface area contributed by atoms with Gasteiger partial charge in [0.2, 0.25) is 0 Å². The van der Waals surface area contributed by atoms with Crippen LogP contribution in [-0.2, 0) is 4.74 Å². The summed E-state index contributed by atoms with van der Waals surface area (Å²) in [5.41, 5.74) is -0.370. The van der Waals surface area contributed by atoms with Crippen LogP contribution in [0.15, 0.2) is 0 Å². The van der Waals surface area contributed by atoms with Crippen LogP contribution in [0.3, 0.4) is 0 Å². The van der Waals surface area contributed by atoms with E-state index >= 15 is 0 Å². The summed E-state index contributed by atoms with van der Waals surface area (Å²) in [4.78, 5) is 14.8. The summed E-state index contributed by atoms with van der Waals surface area (Å²) in [5, 5.41) is 0. The van der Waals surface area contributed by atoms with E-state index in [9.17, 15) is 4.79 Å². The lowest BCUT2D eigenvalue weighted by Crippen LogP contribution is -2.39. The summed E-state index contributed by atoms with van der Waals surface area (Å²) >= 11 is 0. The third kappa shape index (κ3) is 21.5. The van der Waals surface area contributed by atoms with Crippen molar-refractivity contribution >= 4 is 6.09 Å². The van der Waals surface area contributed by atoms with Gasteiger partial charge in [0.1, 0.15) is 5.60 Å². The third-order valence-corrected chi connectivity index (χ3v) is 7.04. The van der Waals surface area contributed by atoms with Crippen molar-refractivity contribution in [3.05, 3.63) is 0 Å². The molecule has 0 aliphatic rings. The van der Waals surface area contributed by atoms with Crippen molar-refractivity contribution < 1.29 is 9.53 Å². The SMILES string of the molecule is CCCCCCCCCCCCN(CCCCCCCCCCCC)C(=O)OC(C)(C)CC. The molecule has 3 nitrogen and oxygen atoms in total. The molecule has 0 aromatic rings. The Bertz CT molecular complexity index is 398. The van der Waals surface area contributed by atoms with Crippen LogP contribution in [0.25, 0.3) is 0 Å². The Hall–Kier alpha value is -0.730. The van der Waals surface area contributed by atoms with E-state index in [0.29, 0.717) is 0 Å². The fraction of sp³-hybridized carbons (Fsp3) is 0.967. The summed E-state index contributed by atoms with van der Waals surface area (Å²) in [6.07, 6.45) is 27.3. The van der Waals surface area contributed by atoms with Gasteiger partial charge >= 0.3 is 6.09 Å². The number of carbonyl (C=O) groups excluding carboxylic acids is 1. The molecule has 0 atom stereocenters. The maximum Gasteiger partial charge on any atom is 0.410 e. The molecule has 1 amide bonds. The van der Waals surface area contributed by atoms with Gasteiger partial charge in [-0.25, -0.2) is 4.79 Å². The molecule has 198 valence electrons. The van der Waals surface area contributed by atoms with Crippen molar-refractivity contribution in [2.75, 3.05) is 13.1 Å². The largest absolute Gasteiger partial charge is 0.443 e. The lowest BCUT2D eigenvalue weighted by molar-refractivity contribution is 0.0108. The number of hydrogen-bond acceptors (Lipinski definition) is 2. The smallest absolute Gasteiger partial charge is 0.410 e. The fourth-order valence-corrected chi connectivity index (χ4v) is 4.25. The first-order chi connectivity index (χ1) is 16.0. The highest BCUT2D eigenvalue weighted by Gasteiger charge is 2.24. The van der Waals surface area contributed by atoms with Crippen molar-refractivity contribution in [1.29, 1.82) is 0 Å². The van der Waals surface area contributed by atoms with E-state index in [1.165, 1.54) is 116 Å². The molecule has 0 unspecified atom stereocenters. The number of rotatable bonds is 24. The molecule has 0 saturated carbocycles. The van der Waals surface area contributed by atoms with E-state index in [1.54, 1.807) is 0 Å². The topological polar surface area (TPSA) is 29.5 Å². The highest BCUT2D eigenvalue weighted by molar-refractivity contribution is 5.68. The number of nitrogens with zero attached hydrogens (tertiary/aromatic N) is 1. The van der Waals surface area contributed by atoms with Crippen molar-refractivity contribution in [2.45, 2.75) is 175 Å². The lowest BCUT2D eigenvalue weighted by Gasteiger charge is -2.29. The first kappa shape index (κ1) is 32.3. The van der Waals surface area contributed by atoms with Crippen LogP contribution in [0.4, 0.5) is 4.79 Å². The van der Waals surface area contributed by atoms with Crippen molar-refractivity contribution in [1.82, 2.24) is 4.90 Å². The van der Waals surface area contributed by atoms with Gasteiger partial charge in [-0.2, -0.15) is 0 Å². The average molecular weight is 468 g/mol. The first-order valence-corrected chi connectivity index (χ1v) is 14.9. The second-order valence-electron chi connectivity index (χ2n) is 10.8. The van der Waals surface area contributed by atoms with Crippen LogP contribution in [-0.4, -0.2) is 29.7 Å². The molecule has 0 N–H and O–H groups in total. The van der Waals surface area contributed by atoms with E-state index in [-0.39, 0.29) is 11.7 Å². The molecule has 0 aliphatic carbocycles. The van der Waals surface area contributed by atoms with E-state index in [0.717, 1.165) is 32.4 Å². The average Bonchev–Trinajstić information content (AvgIpc) is 2.79. The van der Waals surface area contributed by atoms with Crippen LogP contribution < -0.4 is 0 Å². The van der Waals surface area contributed by atoms with Crippen LogP contribution in [0.5, 0.6) is 0 Å². The number of hydrogen-bond donors (Lipinski definition) is 0. The highest BCUT2D eigenvalue weighted by atomic mass is 16.6. The zero-order valence-electron chi connectivity index (χ0n) is 23.5. The van der Waals surface area contributed by atoms with Crippen LogP contribution in [0, 0.1) is 0 Å². The summed E-state index contributed by atoms with van der Waals surface area (Å²) in [6, 6.07) is 0. The second kappa shape index (κ2) is 23.0. The zero-order valence-corrected chi connectivity index (χ0v) is 23.5. The Balaban J connectivity index is 4.06. The minimum absolute atomic E-state index is 0.103. The normalized spacial score (nSPS) is 11.7. The van der Waals surface area contributed by atoms with Gasteiger partial charge in [-0.05, 0) is 33.1 Å². The van der Waals surface area contributed by atoms with Crippen LogP contribution >= 0.6 is 0 Å². The second-order valence-corrected chi connectivity index (χ2v) is 10.8. The molecular weight excluding hydrogens is 406 g/mol. The van der Waals surface area contributed by atoms with E-state index in [4.69, 9.17) is 4.74 Å². The summed E-state index contributed by atoms with van der Waals surface area (Å²) in [6.45, 7) is 12.4. The molecule has 0 spiro atoms. The molecule has 0 saturated heterocycles. The minimum atomic E-state index is -0.370. The van der Waals surface area contributed by atoms with Gasteiger partial charge in [-0.15, -0.1) is 0 Å². The van der Waals surface area contributed by atoms with Gasteiger partial charge in [-0.3, -0.25) is 0 Å². The predicted octanol–water partition coefficient (Wildman–Crippen LogP) is 10.5. The Morgan fingerprint density at radius 3 is 1.15 bits per heavy atom. The molecular formula is C30H61NO2. The van der Waals surface area contributed by atoms with Crippen LogP contribution in [0.1, 0.15) is 169 Å². The Morgan fingerprint density at radius 1 is 0.545 bits per heavy atom. The standard InChI is InChI=1S/C30H61NO2/c1-6-9-11-13-15-17-19-21-23-25-27-31(29(32)33-30(4,5)8-3)28-26-24-22-20-18-16-14-12-10-7-2/h6-28H2,1-5H3. The molecule has 0 aliphatic heterocycles. The molecule has 0 heterocycles. The molecule has 3 heteroatoms. The molecule has 0 radical (unpaired) electrons. The van der Waals surface area contributed by atoms with Crippen molar-refractivity contribution in [2.24, 2.45) is 0 Å². The lowest BCUT2D eigenvalue weighted by atomic mass is 10.1. The van der Waals surface area contributed by atoms with Gasteiger partial charge in [0.15, 0.2) is 0 Å². The summed E-state index contributed by atoms with van der Waals surface area (Å²) in [5.74, 6) is 0. The van der Waals surface area contributed by atoms with Crippen LogP contribution in [0.2, 0.25) is 0 Å². The molecule has 0 aromatic carbocycles. The highest BCUT2D eigenvalue weighted by Crippen LogP contribution is 2.17. The molecule has 0 aromatic heterocycles. The monoisotopic (exact) mass is 467 g/mol. The van der Waals surface area contributed by atoms with Gasteiger partial charge in [0.25, 0.3) is 0 Å². The Kier molecular flexibility index (Phi) is 22.5. The number of unbranched alkanes of at least 4 members (excludes halogenated alkanes) is 18. The number of amides is 1. The summed E-state index contributed by atoms with van der Waals surface area (Å²) < 4.78 is 5.82. The van der Waals surface area contributed by atoms with Crippen molar-refractivity contribution in [3.8, 4) is 0 Å². The molecule has 33 heavy (non-hydrogen) atoms. The quantitative estimate of drug-likeness (QED) is 0.132. The fourth-order valence-electron chi connectivity index (χ4n) is 4.25.